The second-order valence-electron chi connectivity index (χ2n) is 7.01. The lowest BCUT2D eigenvalue weighted by atomic mass is 10.0. The van der Waals surface area contributed by atoms with Crippen molar-refractivity contribution in [2.24, 2.45) is 4.99 Å². The van der Waals surface area contributed by atoms with E-state index >= 15 is 0 Å². The smallest absolute Gasteiger partial charge is 0.191 e. The van der Waals surface area contributed by atoms with Crippen molar-refractivity contribution in [2.75, 3.05) is 39.9 Å². The zero-order valence-electron chi connectivity index (χ0n) is 16.6. The average molecular weight is 384 g/mol. The Kier molecular flexibility index (Phi) is 7.39. The number of rotatable bonds is 6. The maximum atomic E-state index is 13.4. The molecule has 1 heterocycles. The van der Waals surface area contributed by atoms with Gasteiger partial charge < -0.3 is 15.4 Å². The molecule has 1 aliphatic rings. The van der Waals surface area contributed by atoms with Crippen LogP contribution >= 0.6 is 0 Å². The number of hydrogen-bond donors (Lipinski definition) is 2. The molecular weight excluding hydrogens is 355 g/mol. The fraction of sp³-hybridized carbons (Fsp3) is 0.409. The lowest BCUT2D eigenvalue weighted by Crippen LogP contribution is -2.46. The maximum absolute atomic E-state index is 13.4. The summed E-state index contributed by atoms with van der Waals surface area (Å²) in [6.07, 6.45) is 0. The first kappa shape index (κ1) is 20.3. The van der Waals surface area contributed by atoms with Crippen molar-refractivity contribution in [2.45, 2.75) is 19.5 Å². The van der Waals surface area contributed by atoms with Gasteiger partial charge in [-0.15, -0.1) is 0 Å². The molecule has 1 atom stereocenters. The summed E-state index contributed by atoms with van der Waals surface area (Å²) in [6, 6.07) is 15.5. The first-order valence-electron chi connectivity index (χ1n) is 9.73. The summed E-state index contributed by atoms with van der Waals surface area (Å²) in [4.78, 5) is 6.76. The highest BCUT2D eigenvalue weighted by atomic mass is 19.1. The quantitative estimate of drug-likeness (QED) is 0.594. The predicted octanol–water partition coefficient (Wildman–Crippen LogP) is 2.87. The van der Waals surface area contributed by atoms with Crippen molar-refractivity contribution in [3.05, 3.63) is 71.0 Å². The number of hydrogen-bond acceptors (Lipinski definition) is 3. The van der Waals surface area contributed by atoms with Crippen LogP contribution in [0.25, 0.3) is 0 Å². The Hall–Kier alpha value is -2.44. The highest BCUT2D eigenvalue weighted by molar-refractivity contribution is 5.79. The molecule has 2 aromatic carbocycles. The van der Waals surface area contributed by atoms with E-state index in [1.54, 1.807) is 13.1 Å². The molecule has 0 radical (unpaired) electrons. The molecule has 28 heavy (non-hydrogen) atoms. The van der Waals surface area contributed by atoms with E-state index < -0.39 is 0 Å². The number of ether oxygens (including phenoxy) is 1. The van der Waals surface area contributed by atoms with Gasteiger partial charge in [-0.05, 0) is 30.2 Å². The van der Waals surface area contributed by atoms with Crippen LogP contribution in [-0.4, -0.2) is 50.8 Å². The van der Waals surface area contributed by atoms with Gasteiger partial charge in [-0.25, -0.2) is 4.39 Å². The van der Waals surface area contributed by atoms with Gasteiger partial charge in [0.25, 0.3) is 0 Å². The molecule has 0 spiro atoms. The summed E-state index contributed by atoms with van der Waals surface area (Å²) < 4.78 is 18.9. The standard InChI is InChI=1S/C22H29FN4O/c1-17-5-3-7-19(13-17)21(27-9-11-28-12-10-27)16-26-22(24-2)25-15-18-6-4-8-20(23)14-18/h3-8,13-14,21H,9-12,15-16H2,1-2H3,(H2,24,25,26). The van der Waals surface area contributed by atoms with Crippen molar-refractivity contribution >= 4 is 5.96 Å². The van der Waals surface area contributed by atoms with Gasteiger partial charge in [0.2, 0.25) is 0 Å². The highest BCUT2D eigenvalue weighted by Crippen LogP contribution is 2.22. The lowest BCUT2D eigenvalue weighted by Gasteiger charge is -2.35. The number of aliphatic imine (C=N–C) groups is 1. The molecule has 1 saturated heterocycles. The van der Waals surface area contributed by atoms with E-state index in [4.69, 9.17) is 4.74 Å². The Labute approximate surface area is 166 Å². The number of nitrogens with zero attached hydrogens (tertiary/aromatic N) is 2. The summed E-state index contributed by atoms with van der Waals surface area (Å²) >= 11 is 0. The zero-order chi connectivity index (χ0) is 19.8. The zero-order valence-corrected chi connectivity index (χ0v) is 16.6. The predicted molar refractivity (Wildman–Crippen MR) is 111 cm³/mol. The number of halogens is 1. The molecular formula is C22H29FN4O. The first-order valence-corrected chi connectivity index (χ1v) is 9.73. The second-order valence-corrected chi connectivity index (χ2v) is 7.01. The van der Waals surface area contributed by atoms with Crippen molar-refractivity contribution in [1.82, 2.24) is 15.5 Å². The van der Waals surface area contributed by atoms with Crippen LogP contribution in [-0.2, 0) is 11.3 Å². The number of aryl methyl sites for hydroxylation is 1. The van der Waals surface area contributed by atoms with Crippen LogP contribution in [0.15, 0.2) is 53.5 Å². The lowest BCUT2D eigenvalue weighted by molar-refractivity contribution is 0.0170. The van der Waals surface area contributed by atoms with Crippen molar-refractivity contribution in [3.8, 4) is 0 Å². The molecule has 0 aromatic heterocycles. The Morgan fingerprint density at radius 3 is 2.64 bits per heavy atom. The Bertz CT molecular complexity index is 790. The molecule has 1 aliphatic heterocycles. The number of morpholine rings is 1. The summed E-state index contributed by atoms with van der Waals surface area (Å²) in [7, 11) is 1.75. The summed E-state index contributed by atoms with van der Waals surface area (Å²) in [5.41, 5.74) is 3.42. The van der Waals surface area contributed by atoms with Gasteiger partial charge in [-0.1, -0.05) is 42.0 Å². The molecule has 5 nitrogen and oxygen atoms in total. The van der Waals surface area contributed by atoms with E-state index in [1.807, 2.05) is 6.07 Å². The second kappa shape index (κ2) is 10.2. The topological polar surface area (TPSA) is 48.9 Å². The molecule has 150 valence electrons. The minimum absolute atomic E-state index is 0.228. The molecule has 6 heteroatoms. The van der Waals surface area contributed by atoms with Crippen LogP contribution < -0.4 is 10.6 Å². The molecule has 0 aliphatic carbocycles. The van der Waals surface area contributed by atoms with E-state index in [-0.39, 0.29) is 11.9 Å². The molecule has 3 rings (SSSR count). The van der Waals surface area contributed by atoms with Crippen LogP contribution in [0.3, 0.4) is 0 Å². The minimum Gasteiger partial charge on any atom is -0.379 e. The molecule has 0 bridgehead atoms. The van der Waals surface area contributed by atoms with E-state index in [1.165, 1.54) is 23.3 Å². The van der Waals surface area contributed by atoms with Gasteiger partial charge >= 0.3 is 0 Å². The SMILES string of the molecule is CN=C(NCc1cccc(F)c1)NCC(c1cccc(C)c1)N1CCOCC1. The maximum Gasteiger partial charge on any atom is 0.191 e. The Balaban J connectivity index is 1.64. The molecule has 0 amide bonds. The number of guanidine groups is 1. The average Bonchev–Trinajstić information content (AvgIpc) is 2.71. The highest BCUT2D eigenvalue weighted by Gasteiger charge is 2.23. The van der Waals surface area contributed by atoms with Crippen molar-refractivity contribution < 1.29 is 9.13 Å². The third-order valence-electron chi connectivity index (χ3n) is 4.95. The fourth-order valence-electron chi connectivity index (χ4n) is 3.47. The molecule has 1 unspecified atom stereocenters. The van der Waals surface area contributed by atoms with Crippen molar-refractivity contribution in [1.29, 1.82) is 0 Å². The summed E-state index contributed by atoms with van der Waals surface area (Å²) in [6.45, 7) is 6.71. The molecule has 2 aromatic rings. The number of nitrogens with one attached hydrogen (secondary N) is 2. The monoisotopic (exact) mass is 384 g/mol. The largest absolute Gasteiger partial charge is 0.379 e. The van der Waals surface area contributed by atoms with Gasteiger partial charge in [-0.3, -0.25) is 9.89 Å². The van der Waals surface area contributed by atoms with Gasteiger partial charge in [0.05, 0.1) is 19.3 Å². The van der Waals surface area contributed by atoms with Crippen LogP contribution in [0.1, 0.15) is 22.7 Å². The first-order chi connectivity index (χ1) is 13.7. The Morgan fingerprint density at radius 1 is 1.14 bits per heavy atom. The van der Waals surface area contributed by atoms with Gasteiger partial charge in [0.15, 0.2) is 5.96 Å². The third kappa shape index (κ3) is 5.78. The normalized spacial score (nSPS) is 16.6. The van der Waals surface area contributed by atoms with E-state index in [9.17, 15) is 4.39 Å². The molecule has 1 fully saturated rings. The third-order valence-corrected chi connectivity index (χ3v) is 4.95. The van der Waals surface area contributed by atoms with Crippen LogP contribution in [0.2, 0.25) is 0 Å². The van der Waals surface area contributed by atoms with Crippen LogP contribution in [0.5, 0.6) is 0 Å². The van der Waals surface area contributed by atoms with E-state index in [0.29, 0.717) is 12.5 Å². The van der Waals surface area contributed by atoms with Crippen LogP contribution in [0, 0.1) is 12.7 Å². The van der Waals surface area contributed by atoms with Crippen molar-refractivity contribution in [3.63, 3.8) is 0 Å². The van der Waals surface area contributed by atoms with Gasteiger partial charge in [0.1, 0.15) is 5.82 Å². The van der Waals surface area contributed by atoms with E-state index in [2.05, 4.69) is 51.7 Å². The fourth-order valence-corrected chi connectivity index (χ4v) is 3.47. The minimum atomic E-state index is -0.228. The van der Waals surface area contributed by atoms with E-state index in [0.717, 1.165) is 38.4 Å². The molecule has 0 saturated carbocycles. The Morgan fingerprint density at radius 2 is 1.93 bits per heavy atom. The molecule has 2 N–H and O–H groups in total. The summed E-state index contributed by atoms with van der Waals surface area (Å²) in [5.74, 6) is 0.476. The van der Waals surface area contributed by atoms with Gasteiger partial charge in [0, 0.05) is 33.2 Å². The van der Waals surface area contributed by atoms with Crippen LogP contribution in [0.4, 0.5) is 4.39 Å². The van der Waals surface area contributed by atoms with Gasteiger partial charge in [-0.2, -0.15) is 0 Å². The summed E-state index contributed by atoms with van der Waals surface area (Å²) in [5, 5.41) is 6.70. The number of benzene rings is 2.